The van der Waals surface area contributed by atoms with E-state index >= 15 is 0 Å². The Hall–Kier alpha value is -1.39. The zero-order valence-corrected chi connectivity index (χ0v) is 9.79. The van der Waals surface area contributed by atoms with Crippen LogP contribution in [0.15, 0.2) is 30.3 Å². The molecule has 2 N–H and O–H groups in total. The molecule has 0 amide bonds. The Morgan fingerprint density at radius 2 is 2.25 bits per heavy atom. The molecule has 1 heterocycles. The monoisotopic (exact) mass is 235 g/mol. The zero-order chi connectivity index (χ0) is 11.5. The van der Waals surface area contributed by atoms with E-state index in [-0.39, 0.29) is 5.97 Å². The fourth-order valence-corrected chi connectivity index (χ4v) is 2.56. The number of benzene rings is 1. The zero-order valence-electron chi connectivity index (χ0n) is 8.97. The largest absolute Gasteiger partial charge is 0.465 e. The third kappa shape index (κ3) is 2.08. The molecular formula is C12H13NO2S. The molecule has 0 saturated heterocycles. The fourth-order valence-electron chi connectivity index (χ4n) is 1.50. The molecule has 0 saturated carbocycles. The number of esters is 1. The maximum Gasteiger partial charge on any atom is 0.328 e. The van der Waals surface area contributed by atoms with Crippen molar-refractivity contribution in [1.29, 1.82) is 0 Å². The summed E-state index contributed by atoms with van der Waals surface area (Å²) in [5, 5.41) is 1.11. The molecule has 0 aliphatic heterocycles. The summed E-state index contributed by atoms with van der Waals surface area (Å²) in [6.45, 7) is 2.13. The Kier molecular flexibility index (Phi) is 3.22. The molecule has 84 valence electrons. The molecule has 0 aliphatic carbocycles. The third-order valence-electron chi connectivity index (χ3n) is 2.29. The van der Waals surface area contributed by atoms with Crippen LogP contribution in [0.5, 0.6) is 0 Å². The number of ether oxygens (including phenoxy) is 1. The summed E-state index contributed by atoms with van der Waals surface area (Å²) in [6, 6.07) is 9.24. The average molecular weight is 235 g/mol. The number of hydrogen-bond donors (Lipinski definition) is 1. The second-order valence-corrected chi connectivity index (χ2v) is 4.53. The number of fused-ring (bicyclic) bond motifs is 1. The van der Waals surface area contributed by atoms with Crippen LogP contribution in [0.4, 0.5) is 0 Å². The van der Waals surface area contributed by atoms with Crippen LogP contribution in [-0.2, 0) is 9.53 Å². The van der Waals surface area contributed by atoms with Gasteiger partial charge in [0.15, 0.2) is 0 Å². The van der Waals surface area contributed by atoms with Gasteiger partial charge in [-0.25, -0.2) is 4.79 Å². The SMILES string of the molecule is CCOC(=O)C(N)c1cc2ccccc2s1. The van der Waals surface area contributed by atoms with Gasteiger partial charge in [-0.15, -0.1) is 11.3 Å². The lowest BCUT2D eigenvalue weighted by Gasteiger charge is -2.07. The molecule has 0 spiro atoms. The summed E-state index contributed by atoms with van der Waals surface area (Å²) >= 11 is 1.53. The number of hydrogen-bond acceptors (Lipinski definition) is 4. The molecule has 0 radical (unpaired) electrons. The van der Waals surface area contributed by atoms with E-state index in [4.69, 9.17) is 10.5 Å². The molecule has 0 aliphatic rings. The quantitative estimate of drug-likeness (QED) is 0.831. The highest BCUT2D eigenvalue weighted by Gasteiger charge is 2.19. The summed E-state index contributed by atoms with van der Waals surface area (Å²) < 4.78 is 6.03. The van der Waals surface area contributed by atoms with Crippen LogP contribution in [0, 0.1) is 0 Å². The smallest absolute Gasteiger partial charge is 0.328 e. The van der Waals surface area contributed by atoms with Gasteiger partial charge < -0.3 is 10.5 Å². The maximum atomic E-state index is 11.5. The van der Waals surface area contributed by atoms with Crippen LogP contribution >= 0.6 is 11.3 Å². The first-order chi connectivity index (χ1) is 7.72. The summed E-state index contributed by atoms with van der Waals surface area (Å²) in [5.41, 5.74) is 5.82. The van der Waals surface area contributed by atoms with E-state index in [0.717, 1.165) is 15.0 Å². The van der Waals surface area contributed by atoms with Gasteiger partial charge in [-0.05, 0) is 24.4 Å². The molecule has 0 bridgehead atoms. The Morgan fingerprint density at radius 1 is 1.50 bits per heavy atom. The van der Waals surface area contributed by atoms with Gasteiger partial charge in [-0.3, -0.25) is 0 Å². The topological polar surface area (TPSA) is 52.3 Å². The third-order valence-corrected chi connectivity index (χ3v) is 3.49. The van der Waals surface area contributed by atoms with E-state index in [1.165, 1.54) is 11.3 Å². The van der Waals surface area contributed by atoms with E-state index in [1.807, 2.05) is 30.3 Å². The summed E-state index contributed by atoms with van der Waals surface area (Å²) in [5.74, 6) is -0.367. The minimum absolute atomic E-state index is 0.359. The van der Waals surface area contributed by atoms with Crippen molar-refractivity contribution < 1.29 is 9.53 Å². The Balaban J connectivity index is 2.29. The molecular weight excluding hydrogens is 222 g/mol. The normalized spacial score (nSPS) is 12.6. The minimum Gasteiger partial charge on any atom is -0.465 e. The van der Waals surface area contributed by atoms with Crippen LogP contribution in [0.3, 0.4) is 0 Å². The van der Waals surface area contributed by atoms with Crippen molar-refractivity contribution in [3.8, 4) is 0 Å². The molecule has 3 nitrogen and oxygen atoms in total. The first-order valence-electron chi connectivity index (χ1n) is 5.13. The predicted molar refractivity (Wildman–Crippen MR) is 65.4 cm³/mol. The average Bonchev–Trinajstić information content (AvgIpc) is 2.71. The Morgan fingerprint density at radius 3 is 2.94 bits per heavy atom. The van der Waals surface area contributed by atoms with E-state index in [2.05, 4.69) is 0 Å². The van der Waals surface area contributed by atoms with Gasteiger partial charge in [0.2, 0.25) is 0 Å². The summed E-state index contributed by atoms with van der Waals surface area (Å²) in [4.78, 5) is 12.3. The molecule has 16 heavy (non-hydrogen) atoms. The Labute approximate surface area is 97.8 Å². The van der Waals surface area contributed by atoms with E-state index in [1.54, 1.807) is 6.92 Å². The van der Waals surface area contributed by atoms with Gasteiger partial charge in [0.25, 0.3) is 0 Å². The van der Waals surface area contributed by atoms with Crippen molar-refractivity contribution >= 4 is 27.4 Å². The number of rotatable bonds is 3. The minimum atomic E-state index is -0.669. The molecule has 2 rings (SSSR count). The van der Waals surface area contributed by atoms with E-state index in [0.29, 0.717) is 6.61 Å². The Bertz CT molecular complexity index is 473. The lowest BCUT2D eigenvalue weighted by Crippen LogP contribution is -2.22. The lowest BCUT2D eigenvalue weighted by atomic mass is 10.2. The van der Waals surface area contributed by atoms with Gasteiger partial charge in [-0.2, -0.15) is 0 Å². The summed E-state index contributed by atoms with van der Waals surface area (Å²) in [7, 11) is 0. The first-order valence-corrected chi connectivity index (χ1v) is 5.94. The highest BCUT2D eigenvalue weighted by Crippen LogP contribution is 2.29. The number of carbonyl (C=O) groups is 1. The lowest BCUT2D eigenvalue weighted by molar-refractivity contribution is -0.144. The van der Waals surface area contributed by atoms with Gasteiger partial charge in [0.05, 0.1) is 6.61 Å². The maximum absolute atomic E-state index is 11.5. The molecule has 4 heteroatoms. The summed E-state index contributed by atoms with van der Waals surface area (Å²) in [6.07, 6.45) is 0. The van der Waals surface area contributed by atoms with Crippen molar-refractivity contribution in [2.24, 2.45) is 5.73 Å². The number of carbonyl (C=O) groups excluding carboxylic acids is 1. The van der Waals surface area contributed by atoms with Gasteiger partial charge >= 0.3 is 5.97 Å². The molecule has 1 aromatic heterocycles. The highest BCUT2D eigenvalue weighted by atomic mass is 32.1. The van der Waals surface area contributed by atoms with Crippen LogP contribution in [0.1, 0.15) is 17.8 Å². The van der Waals surface area contributed by atoms with Crippen LogP contribution in [0.25, 0.3) is 10.1 Å². The standard InChI is InChI=1S/C12H13NO2S/c1-2-15-12(14)11(13)10-7-8-5-3-4-6-9(8)16-10/h3-7,11H,2,13H2,1H3. The van der Waals surface area contributed by atoms with Crippen LogP contribution in [0.2, 0.25) is 0 Å². The van der Waals surface area contributed by atoms with Crippen molar-refractivity contribution in [3.63, 3.8) is 0 Å². The molecule has 1 unspecified atom stereocenters. The fraction of sp³-hybridized carbons (Fsp3) is 0.250. The van der Waals surface area contributed by atoms with Crippen LogP contribution < -0.4 is 5.73 Å². The van der Waals surface area contributed by atoms with Gasteiger partial charge in [-0.1, -0.05) is 18.2 Å². The first kappa shape index (κ1) is 11.1. The van der Waals surface area contributed by atoms with Crippen LogP contribution in [-0.4, -0.2) is 12.6 Å². The molecule has 1 atom stereocenters. The highest BCUT2D eigenvalue weighted by molar-refractivity contribution is 7.19. The van der Waals surface area contributed by atoms with Gasteiger partial charge in [0, 0.05) is 9.58 Å². The van der Waals surface area contributed by atoms with Crippen molar-refractivity contribution in [2.75, 3.05) is 6.61 Å². The van der Waals surface area contributed by atoms with Gasteiger partial charge in [0.1, 0.15) is 6.04 Å². The van der Waals surface area contributed by atoms with Crippen molar-refractivity contribution in [3.05, 3.63) is 35.2 Å². The van der Waals surface area contributed by atoms with E-state index in [9.17, 15) is 4.79 Å². The van der Waals surface area contributed by atoms with Crippen molar-refractivity contribution in [1.82, 2.24) is 0 Å². The number of nitrogens with two attached hydrogens (primary N) is 1. The second kappa shape index (κ2) is 4.63. The molecule has 2 aromatic rings. The number of thiophene rings is 1. The molecule has 0 fully saturated rings. The van der Waals surface area contributed by atoms with E-state index < -0.39 is 6.04 Å². The van der Waals surface area contributed by atoms with Crippen molar-refractivity contribution in [2.45, 2.75) is 13.0 Å². The predicted octanol–water partition coefficient (Wildman–Crippen LogP) is 2.46. The molecule has 1 aromatic carbocycles. The second-order valence-electron chi connectivity index (χ2n) is 3.42.